The normalized spacial score (nSPS) is 15.5. The van der Waals surface area contributed by atoms with Crippen molar-refractivity contribution in [3.05, 3.63) is 89.5 Å². The number of unbranched alkanes of at least 4 members (excludes halogenated alkanes) is 1. The molecule has 170 valence electrons. The van der Waals surface area contributed by atoms with Crippen molar-refractivity contribution in [2.75, 3.05) is 23.1 Å². The van der Waals surface area contributed by atoms with Crippen LogP contribution in [-0.4, -0.2) is 24.7 Å². The molecule has 33 heavy (non-hydrogen) atoms. The van der Waals surface area contributed by atoms with E-state index in [4.69, 9.17) is 4.74 Å². The molecule has 0 aromatic heterocycles. The molecule has 2 amide bonds. The molecule has 1 fully saturated rings. The molecule has 1 atom stereocenters. The van der Waals surface area contributed by atoms with Crippen molar-refractivity contribution < 1.29 is 14.3 Å². The molecule has 3 aromatic rings. The van der Waals surface area contributed by atoms with E-state index in [1.807, 2.05) is 72.8 Å². The lowest BCUT2D eigenvalue weighted by Crippen LogP contribution is -2.29. The number of ether oxygens (including phenoxy) is 1. The Bertz CT molecular complexity index is 1130. The van der Waals surface area contributed by atoms with Crippen LogP contribution in [0.3, 0.4) is 0 Å². The summed E-state index contributed by atoms with van der Waals surface area (Å²) in [7, 11) is 1.60. The molecule has 5 nitrogen and oxygen atoms in total. The Morgan fingerprint density at radius 3 is 2.55 bits per heavy atom. The lowest BCUT2D eigenvalue weighted by atomic mass is 10.1. The van der Waals surface area contributed by atoms with Crippen molar-refractivity contribution >= 4 is 35.0 Å². The van der Waals surface area contributed by atoms with Crippen LogP contribution in [0.25, 0.3) is 0 Å². The Balaban J connectivity index is 1.59. The van der Waals surface area contributed by atoms with Gasteiger partial charge in [-0.1, -0.05) is 55.8 Å². The number of amides is 2. The number of benzene rings is 3. The summed E-state index contributed by atoms with van der Waals surface area (Å²) in [5, 5.41) is 2.80. The highest BCUT2D eigenvalue weighted by Gasteiger charge is 2.36. The average Bonchev–Trinajstić information content (AvgIpc) is 3.24. The molecular weight excluding hydrogens is 432 g/mol. The summed E-state index contributed by atoms with van der Waals surface area (Å²) >= 11 is 1.54. The zero-order valence-corrected chi connectivity index (χ0v) is 19.7. The number of hydrogen-bond donors (Lipinski definition) is 1. The van der Waals surface area contributed by atoms with Gasteiger partial charge in [-0.05, 0) is 48.7 Å². The van der Waals surface area contributed by atoms with E-state index in [9.17, 15) is 9.59 Å². The maximum Gasteiger partial charge on any atom is 0.255 e. The van der Waals surface area contributed by atoms with E-state index in [0.29, 0.717) is 22.8 Å². The molecule has 0 unspecified atom stereocenters. The van der Waals surface area contributed by atoms with Crippen molar-refractivity contribution in [2.24, 2.45) is 0 Å². The molecule has 1 N–H and O–H groups in total. The van der Waals surface area contributed by atoms with Gasteiger partial charge in [0.2, 0.25) is 5.91 Å². The van der Waals surface area contributed by atoms with Gasteiger partial charge in [0.1, 0.15) is 11.1 Å². The van der Waals surface area contributed by atoms with E-state index in [1.165, 1.54) is 5.56 Å². The van der Waals surface area contributed by atoms with Gasteiger partial charge in [0.15, 0.2) is 0 Å². The number of nitrogens with one attached hydrogen (secondary N) is 1. The maximum atomic E-state index is 13.0. The van der Waals surface area contributed by atoms with Crippen LogP contribution in [0.5, 0.6) is 5.75 Å². The Morgan fingerprint density at radius 1 is 1.06 bits per heavy atom. The molecule has 1 aliphatic rings. The second kappa shape index (κ2) is 10.6. The molecular formula is C27H28N2O3S. The van der Waals surface area contributed by atoms with Gasteiger partial charge in [0.05, 0.1) is 18.6 Å². The van der Waals surface area contributed by atoms with Gasteiger partial charge in [-0.2, -0.15) is 0 Å². The molecule has 0 bridgehead atoms. The Morgan fingerprint density at radius 2 is 1.79 bits per heavy atom. The maximum absolute atomic E-state index is 13.0. The molecule has 0 spiro atoms. The number of aryl methyl sites for hydroxylation is 1. The van der Waals surface area contributed by atoms with E-state index < -0.39 is 0 Å². The number of hydrogen-bond acceptors (Lipinski definition) is 4. The molecule has 6 heteroatoms. The van der Waals surface area contributed by atoms with Crippen molar-refractivity contribution in [1.29, 1.82) is 0 Å². The Hall–Kier alpha value is -3.25. The van der Waals surface area contributed by atoms with Gasteiger partial charge in [-0.3, -0.25) is 14.5 Å². The molecule has 0 radical (unpaired) electrons. The summed E-state index contributed by atoms with van der Waals surface area (Å²) in [4.78, 5) is 27.6. The van der Waals surface area contributed by atoms with Gasteiger partial charge < -0.3 is 10.1 Å². The number of methoxy groups -OCH3 is 1. The third-order valence-electron chi connectivity index (χ3n) is 5.72. The molecule has 1 aliphatic heterocycles. The topological polar surface area (TPSA) is 58.6 Å². The lowest BCUT2D eigenvalue weighted by molar-refractivity contribution is -0.115. The Kier molecular flexibility index (Phi) is 7.35. The summed E-state index contributed by atoms with van der Waals surface area (Å²) in [5.41, 5.74) is 4.16. The molecule has 3 aromatic carbocycles. The third-order valence-corrected chi connectivity index (χ3v) is 6.92. The van der Waals surface area contributed by atoms with Crippen LogP contribution >= 0.6 is 11.8 Å². The fourth-order valence-electron chi connectivity index (χ4n) is 3.97. The van der Waals surface area contributed by atoms with Crippen molar-refractivity contribution in [1.82, 2.24) is 0 Å². The first kappa shape index (κ1) is 22.9. The number of thioether (sulfide) groups is 1. The SMILES string of the molecule is CCCCc1ccc(C(=O)Nc2ccccc2[C@@H]2SCC(=O)N2c2ccccc2OC)cc1. The molecule has 1 heterocycles. The minimum Gasteiger partial charge on any atom is -0.495 e. The first-order valence-electron chi connectivity index (χ1n) is 11.2. The summed E-state index contributed by atoms with van der Waals surface area (Å²) in [5.74, 6) is 0.855. The van der Waals surface area contributed by atoms with Crippen molar-refractivity contribution in [3.8, 4) is 5.75 Å². The van der Waals surface area contributed by atoms with Crippen molar-refractivity contribution in [3.63, 3.8) is 0 Å². The van der Waals surface area contributed by atoms with Gasteiger partial charge >= 0.3 is 0 Å². The van der Waals surface area contributed by atoms with E-state index in [1.54, 1.807) is 23.8 Å². The second-order valence-corrected chi connectivity index (χ2v) is 9.01. The zero-order chi connectivity index (χ0) is 23.2. The largest absolute Gasteiger partial charge is 0.495 e. The van der Waals surface area contributed by atoms with Crippen LogP contribution < -0.4 is 15.0 Å². The monoisotopic (exact) mass is 460 g/mol. The number of rotatable bonds is 8. The number of para-hydroxylation sites is 3. The number of carbonyl (C=O) groups is 2. The highest BCUT2D eigenvalue weighted by Crippen LogP contribution is 2.46. The highest BCUT2D eigenvalue weighted by molar-refractivity contribution is 8.00. The Labute approximate surface area is 199 Å². The quantitative estimate of drug-likeness (QED) is 0.443. The number of anilines is 2. The van der Waals surface area contributed by atoms with Gasteiger partial charge in [0, 0.05) is 16.8 Å². The predicted molar refractivity (Wildman–Crippen MR) is 135 cm³/mol. The van der Waals surface area contributed by atoms with Crippen LogP contribution in [0, 0.1) is 0 Å². The first-order chi connectivity index (χ1) is 16.1. The first-order valence-corrected chi connectivity index (χ1v) is 12.2. The van der Waals surface area contributed by atoms with Crippen LogP contribution in [0.1, 0.15) is 46.6 Å². The van der Waals surface area contributed by atoms with Crippen LogP contribution in [0.2, 0.25) is 0 Å². The third kappa shape index (κ3) is 5.06. The molecule has 4 rings (SSSR count). The summed E-state index contributed by atoms with van der Waals surface area (Å²) in [6, 6.07) is 23.0. The summed E-state index contributed by atoms with van der Waals surface area (Å²) in [6.07, 6.45) is 3.30. The summed E-state index contributed by atoms with van der Waals surface area (Å²) in [6.45, 7) is 2.17. The smallest absolute Gasteiger partial charge is 0.255 e. The molecule has 0 saturated carbocycles. The minimum atomic E-state index is -0.262. The van der Waals surface area contributed by atoms with E-state index in [2.05, 4.69) is 12.2 Å². The molecule has 0 aliphatic carbocycles. The van der Waals surface area contributed by atoms with Crippen LogP contribution in [0.4, 0.5) is 11.4 Å². The standard InChI is InChI=1S/C27H28N2O3S/c1-3-4-9-19-14-16-20(17-15-19)26(31)28-22-11-6-5-10-21(22)27-29(25(30)18-33-27)23-12-7-8-13-24(23)32-2/h5-8,10-17,27H,3-4,9,18H2,1-2H3,(H,28,31)/t27-/m0/s1. The summed E-state index contributed by atoms with van der Waals surface area (Å²) < 4.78 is 5.50. The van der Waals surface area contributed by atoms with Crippen LogP contribution in [0.15, 0.2) is 72.8 Å². The van der Waals surface area contributed by atoms with Gasteiger partial charge in [-0.15, -0.1) is 11.8 Å². The molecule has 1 saturated heterocycles. The van der Waals surface area contributed by atoms with Crippen LogP contribution in [-0.2, 0) is 11.2 Å². The number of nitrogens with zero attached hydrogens (tertiary/aromatic N) is 1. The predicted octanol–water partition coefficient (Wildman–Crippen LogP) is 6.07. The van der Waals surface area contributed by atoms with Gasteiger partial charge in [-0.25, -0.2) is 0 Å². The van der Waals surface area contributed by atoms with Crippen molar-refractivity contribution in [2.45, 2.75) is 31.6 Å². The highest BCUT2D eigenvalue weighted by atomic mass is 32.2. The number of carbonyl (C=O) groups excluding carboxylic acids is 2. The van der Waals surface area contributed by atoms with E-state index in [0.717, 1.165) is 30.5 Å². The van der Waals surface area contributed by atoms with Gasteiger partial charge in [0.25, 0.3) is 5.91 Å². The minimum absolute atomic E-state index is 0.0123. The fourth-order valence-corrected chi connectivity index (χ4v) is 5.17. The lowest BCUT2D eigenvalue weighted by Gasteiger charge is -2.27. The van der Waals surface area contributed by atoms with E-state index in [-0.39, 0.29) is 17.2 Å². The average molecular weight is 461 g/mol. The second-order valence-electron chi connectivity index (χ2n) is 7.94. The fraction of sp³-hybridized carbons (Fsp3) is 0.259. The van der Waals surface area contributed by atoms with E-state index >= 15 is 0 Å². The zero-order valence-electron chi connectivity index (χ0n) is 18.9.